The lowest BCUT2D eigenvalue weighted by Crippen LogP contribution is -2.24. The van der Waals surface area contributed by atoms with Crippen molar-refractivity contribution >= 4 is 56.0 Å². The summed E-state index contributed by atoms with van der Waals surface area (Å²) in [4.78, 5) is 5.92. The largest absolute Gasteiger partial charge is 0.456 e. The maximum absolute atomic E-state index is 6.71. The third-order valence-corrected chi connectivity index (χ3v) is 13.7. The van der Waals surface area contributed by atoms with Crippen LogP contribution in [-0.4, -0.2) is 5.71 Å². The Morgan fingerprint density at radius 1 is 0.667 bits per heavy atom. The Labute approximate surface area is 334 Å². The van der Waals surface area contributed by atoms with Crippen LogP contribution in [0.15, 0.2) is 159 Å². The van der Waals surface area contributed by atoms with Crippen LogP contribution in [0.25, 0.3) is 50.3 Å². The summed E-state index contributed by atoms with van der Waals surface area (Å²) in [6.45, 7) is 7.24. The average molecular weight is 742 g/mol. The molecule has 1 saturated carbocycles. The molecule has 3 heteroatoms. The van der Waals surface area contributed by atoms with Crippen molar-refractivity contribution in [1.82, 2.24) is 0 Å². The zero-order valence-corrected chi connectivity index (χ0v) is 32.9. The zero-order chi connectivity index (χ0) is 38.2. The number of hydrogen-bond acceptors (Lipinski definition) is 3. The van der Waals surface area contributed by atoms with Gasteiger partial charge in [0.25, 0.3) is 0 Å². The van der Waals surface area contributed by atoms with E-state index < -0.39 is 0 Å². The summed E-state index contributed by atoms with van der Waals surface area (Å²) in [5, 5.41) is 3.50. The fraction of sp³-hybridized carbons (Fsp3) is 0.241. The molecule has 57 heavy (non-hydrogen) atoms. The Balaban J connectivity index is 1.11. The second kappa shape index (κ2) is 13.6. The molecule has 0 bridgehead atoms. The van der Waals surface area contributed by atoms with E-state index in [1.165, 1.54) is 55.6 Å². The molecular formula is C54H47NO2. The molecular weight excluding hydrogens is 695 g/mol. The van der Waals surface area contributed by atoms with Crippen molar-refractivity contribution in [1.29, 1.82) is 0 Å². The monoisotopic (exact) mass is 741 g/mol. The number of rotatable bonds is 6. The van der Waals surface area contributed by atoms with Gasteiger partial charge in [-0.2, -0.15) is 0 Å². The van der Waals surface area contributed by atoms with Gasteiger partial charge in [0, 0.05) is 39.1 Å². The molecule has 4 aliphatic rings. The standard InChI is InChI=1S/C54H47NO2/c1-4-39-52-48(49(52)36-17-9-6-10-18-36)32(2)33(3)53(37-27-25-35(26-28-37)34-15-7-5-8-16-34)55-54(39)42-21-14-24-47-51(42)43-31-38(29-30-45(43)57-47)40-20-13-23-46-50(40)41-19-11-12-22-44(41)56-46/h6-7,9-19,21-33,40,48-49,52H,4-5,8,20H2,1-3H3/b54-39-,55-53?. The molecule has 3 aliphatic carbocycles. The minimum absolute atomic E-state index is 0.190. The van der Waals surface area contributed by atoms with Gasteiger partial charge < -0.3 is 8.83 Å². The molecule has 6 unspecified atom stereocenters. The SMILES string of the molecule is CC/C1=C(\c2cccc3oc4ccc(C5CC=Cc6oc7ccccc7c65)cc4c23)N=C(c2ccc(C3=CCCC=C3)cc2)C(C)C(C)C2C1C2c1ccccc1. The Morgan fingerprint density at radius 2 is 1.46 bits per heavy atom. The fourth-order valence-corrected chi connectivity index (χ4v) is 10.8. The summed E-state index contributed by atoms with van der Waals surface area (Å²) >= 11 is 0. The number of hydrogen-bond donors (Lipinski definition) is 0. The van der Waals surface area contributed by atoms with Crippen LogP contribution in [-0.2, 0) is 0 Å². The van der Waals surface area contributed by atoms with Gasteiger partial charge in [-0.3, -0.25) is 4.99 Å². The molecule has 7 aromatic rings. The van der Waals surface area contributed by atoms with E-state index >= 15 is 0 Å². The second-order valence-electron chi connectivity index (χ2n) is 16.7. The van der Waals surface area contributed by atoms with Gasteiger partial charge in [-0.25, -0.2) is 0 Å². The third kappa shape index (κ3) is 5.57. The van der Waals surface area contributed by atoms with E-state index in [4.69, 9.17) is 13.8 Å². The number of para-hydroxylation sites is 1. The molecule has 3 nitrogen and oxygen atoms in total. The Bertz CT molecular complexity index is 2860. The molecule has 1 aliphatic heterocycles. The summed E-state index contributed by atoms with van der Waals surface area (Å²) in [7, 11) is 0. The molecule has 6 atom stereocenters. The van der Waals surface area contributed by atoms with Gasteiger partial charge in [-0.05, 0) is 113 Å². The number of aliphatic imine (C=N–C) groups is 1. The van der Waals surface area contributed by atoms with Crippen molar-refractivity contribution in [2.24, 2.45) is 28.7 Å². The van der Waals surface area contributed by atoms with Crippen LogP contribution in [0.2, 0.25) is 0 Å². The first-order valence-electron chi connectivity index (χ1n) is 21.0. The molecule has 0 amide bonds. The summed E-state index contributed by atoms with van der Waals surface area (Å²) in [5.41, 5.74) is 15.5. The third-order valence-electron chi connectivity index (χ3n) is 13.7. The van der Waals surface area contributed by atoms with Crippen molar-refractivity contribution < 1.29 is 8.83 Å². The topological polar surface area (TPSA) is 38.6 Å². The van der Waals surface area contributed by atoms with Crippen LogP contribution in [0.4, 0.5) is 0 Å². The molecule has 11 rings (SSSR count). The molecule has 0 saturated heterocycles. The number of nitrogens with zero attached hydrogens (tertiary/aromatic N) is 1. The van der Waals surface area contributed by atoms with Crippen molar-refractivity contribution in [3.63, 3.8) is 0 Å². The normalized spacial score (nSPS) is 25.5. The predicted octanol–water partition coefficient (Wildman–Crippen LogP) is 14.5. The van der Waals surface area contributed by atoms with Crippen LogP contribution in [0.1, 0.15) is 97.4 Å². The smallest absolute Gasteiger partial charge is 0.136 e. The van der Waals surface area contributed by atoms with E-state index in [0.717, 1.165) is 64.7 Å². The van der Waals surface area contributed by atoms with E-state index in [2.05, 4.69) is 166 Å². The molecule has 0 N–H and O–H groups in total. The van der Waals surface area contributed by atoms with Crippen molar-refractivity contribution in [3.8, 4) is 0 Å². The first kappa shape index (κ1) is 34.3. The van der Waals surface area contributed by atoms with Gasteiger partial charge in [0.2, 0.25) is 0 Å². The summed E-state index contributed by atoms with van der Waals surface area (Å²) < 4.78 is 13.1. The minimum Gasteiger partial charge on any atom is -0.456 e. The van der Waals surface area contributed by atoms with Crippen molar-refractivity contribution in [2.75, 3.05) is 0 Å². The minimum atomic E-state index is 0.190. The van der Waals surface area contributed by atoms with E-state index in [1.54, 1.807) is 0 Å². The van der Waals surface area contributed by atoms with Gasteiger partial charge in [0.05, 0.1) is 11.4 Å². The Morgan fingerprint density at radius 3 is 2.28 bits per heavy atom. The number of fused-ring (bicyclic) bond motifs is 7. The van der Waals surface area contributed by atoms with E-state index in [1.807, 2.05) is 0 Å². The van der Waals surface area contributed by atoms with Crippen molar-refractivity contribution in [2.45, 2.75) is 58.3 Å². The lowest BCUT2D eigenvalue weighted by atomic mass is 9.81. The molecule has 1 fully saturated rings. The van der Waals surface area contributed by atoms with Gasteiger partial charge in [0.15, 0.2) is 0 Å². The first-order chi connectivity index (χ1) is 28.1. The average Bonchev–Trinajstić information content (AvgIpc) is 3.68. The van der Waals surface area contributed by atoms with E-state index in [0.29, 0.717) is 23.7 Å². The van der Waals surface area contributed by atoms with E-state index in [9.17, 15) is 0 Å². The zero-order valence-electron chi connectivity index (χ0n) is 32.9. The van der Waals surface area contributed by atoms with Gasteiger partial charge in [-0.15, -0.1) is 0 Å². The first-order valence-corrected chi connectivity index (χ1v) is 21.0. The molecule has 5 aromatic carbocycles. The Kier molecular flexibility index (Phi) is 8.21. The number of furan rings is 2. The van der Waals surface area contributed by atoms with Crippen LogP contribution < -0.4 is 0 Å². The molecule has 0 spiro atoms. The fourth-order valence-electron chi connectivity index (χ4n) is 10.8. The van der Waals surface area contributed by atoms with Crippen LogP contribution in [0.3, 0.4) is 0 Å². The lowest BCUT2D eigenvalue weighted by molar-refractivity contribution is 0.405. The van der Waals surface area contributed by atoms with Crippen LogP contribution in [0.5, 0.6) is 0 Å². The quantitative estimate of drug-likeness (QED) is 0.170. The predicted molar refractivity (Wildman–Crippen MR) is 236 cm³/mol. The maximum Gasteiger partial charge on any atom is 0.136 e. The van der Waals surface area contributed by atoms with Gasteiger partial charge in [-0.1, -0.05) is 136 Å². The summed E-state index contributed by atoms with van der Waals surface area (Å²) in [5.74, 6) is 3.34. The van der Waals surface area contributed by atoms with Crippen molar-refractivity contribution in [3.05, 3.63) is 184 Å². The summed E-state index contributed by atoms with van der Waals surface area (Å²) in [6, 6.07) is 42.4. The maximum atomic E-state index is 6.71. The lowest BCUT2D eigenvalue weighted by Gasteiger charge is -2.27. The number of allylic oxidation sites excluding steroid dienone is 6. The molecule has 3 heterocycles. The van der Waals surface area contributed by atoms with Crippen LogP contribution in [0, 0.1) is 23.7 Å². The number of benzene rings is 5. The molecule has 2 aromatic heterocycles. The highest BCUT2D eigenvalue weighted by molar-refractivity contribution is 6.13. The van der Waals surface area contributed by atoms with E-state index in [-0.39, 0.29) is 11.8 Å². The molecule has 0 radical (unpaired) electrons. The van der Waals surface area contributed by atoms with Gasteiger partial charge in [0.1, 0.15) is 22.5 Å². The van der Waals surface area contributed by atoms with Gasteiger partial charge >= 0.3 is 0 Å². The van der Waals surface area contributed by atoms with Crippen LogP contribution >= 0.6 is 0 Å². The highest BCUT2D eigenvalue weighted by atomic mass is 16.3. The molecule has 280 valence electrons. The summed E-state index contributed by atoms with van der Waals surface area (Å²) in [6.07, 6.45) is 15.4. The Hall–Kier alpha value is -5.93. The highest BCUT2D eigenvalue weighted by Crippen LogP contribution is 2.65. The highest BCUT2D eigenvalue weighted by Gasteiger charge is 2.57. The second-order valence-corrected chi connectivity index (χ2v) is 16.7.